The zero-order chi connectivity index (χ0) is 14.8. The van der Waals surface area contributed by atoms with E-state index in [1.807, 2.05) is 0 Å². The van der Waals surface area contributed by atoms with Gasteiger partial charge < -0.3 is 4.74 Å². The molecule has 0 aromatic heterocycles. The fourth-order valence-corrected chi connectivity index (χ4v) is 1.41. The third-order valence-corrected chi connectivity index (χ3v) is 2.18. The molecular weight excluding hydrogens is 275 g/mol. The molecule has 1 rings (SSSR count). The minimum absolute atomic E-state index is 0.0587. The van der Waals surface area contributed by atoms with Crippen LogP contribution in [0.4, 0.5) is 22.0 Å². The van der Waals surface area contributed by atoms with Crippen LogP contribution in [-0.4, -0.2) is 18.7 Å². The standard InChI is InChI=1S/C11H7F5O3/c1-5(18)7-3-9(19-10(12)13)6(4-17)2-8(7)11(14,15)16/h2-4,10H,1H3. The molecule has 0 saturated carbocycles. The Balaban J connectivity index is 3.51. The molecule has 0 aliphatic heterocycles. The van der Waals surface area contributed by atoms with E-state index in [0.717, 1.165) is 6.92 Å². The van der Waals surface area contributed by atoms with Crippen LogP contribution in [0.25, 0.3) is 0 Å². The van der Waals surface area contributed by atoms with Crippen LogP contribution in [0.15, 0.2) is 12.1 Å². The van der Waals surface area contributed by atoms with E-state index < -0.39 is 41.0 Å². The molecule has 0 aliphatic carbocycles. The summed E-state index contributed by atoms with van der Waals surface area (Å²) in [5, 5.41) is 0. The van der Waals surface area contributed by atoms with Gasteiger partial charge in [-0.25, -0.2) is 0 Å². The minimum Gasteiger partial charge on any atom is -0.434 e. The van der Waals surface area contributed by atoms with Crippen LogP contribution in [-0.2, 0) is 6.18 Å². The summed E-state index contributed by atoms with van der Waals surface area (Å²) in [4.78, 5) is 21.7. The van der Waals surface area contributed by atoms with Gasteiger partial charge in [0.05, 0.1) is 11.1 Å². The number of carbonyl (C=O) groups excluding carboxylic acids is 2. The first-order valence-corrected chi connectivity index (χ1v) is 4.83. The van der Waals surface area contributed by atoms with Crippen LogP contribution in [0, 0.1) is 0 Å². The van der Waals surface area contributed by atoms with Crippen molar-refractivity contribution in [2.45, 2.75) is 19.7 Å². The number of rotatable bonds is 4. The number of halogens is 5. The lowest BCUT2D eigenvalue weighted by atomic mass is 10.00. The van der Waals surface area contributed by atoms with Crippen LogP contribution in [0.3, 0.4) is 0 Å². The second-order valence-corrected chi connectivity index (χ2v) is 3.49. The molecular formula is C11H7F5O3. The molecule has 0 unspecified atom stereocenters. The number of carbonyl (C=O) groups is 2. The smallest absolute Gasteiger partial charge is 0.417 e. The van der Waals surface area contributed by atoms with E-state index in [0.29, 0.717) is 12.1 Å². The Morgan fingerprint density at radius 1 is 1.32 bits per heavy atom. The summed E-state index contributed by atoms with van der Waals surface area (Å²) in [6.45, 7) is -2.48. The van der Waals surface area contributed by atoms with E-state index >= 15 is 0 Å². The molecule has 19 heavy (non-hydrogen) atoms. The SMILES string of the molecule is CC(=O)c1cc(OC(F)F)c(C=O)cc1C(F)(F)F. The number of ketones is 1. The topological polar surface area (TPSA) is 43.4 Å². The van der Waals surface area contributed by atoms with Crippen LogP contribution >= 0.6 is 0 Å². The molecule has 0 spiro atoms. The fraction of sp³-hybridized carbons (Fsp3) is 0.273. The molecule has 0 amide bonds. The first-order chi connectivity index (χ1) is 8.66. The van der Waals surface area contributed by atoms with Crippen LogP contribution in [0.2, 0.25) is 0 Å². The summed E-state index contributed by atoms with van der Waals surface area (Å²) in [6.07, 6.45) is -4.95. The highest BCUT2D eigenvalue weighted by molar-refractivity contribution is 5.97. The number of ether oxygens (including phenoxy) is 1. The first-order valence-electron chi connectivity index (χ1n) is 4.83. The van der Waals surface area contributed by atoms with Crippen molar-refractivity contribution >= 4 is 12.1 Å². The van der Waals surface area contributed by atoms with Crippen molar-refractivity contribution in [2.24, 2.45) is 0 Å². The predicted molar refractivity (Wildman–Crippen MR) is 53.5 cm³/mol. The molecule has 0 saturated heterocycles. The molecule has 8 heteroatoms. The van der Waals surface area contributed by atoms with Gasteiger partial charge in [0, 0.05) is 5.56 Å². The highest BCUT2D eigenvalue weighted by Gasteiger charge is 2.35. The van der Waals surface area contributed by atoms with E-state index in [4.69, 9.17) is 0 Å². The molecule has 0 bridgehead atoms. The predicted octanol–water partition coefficient (Wildman–Crippen LogP) is 3.32. The van der Waals surface area contributed by atoms with Crippen molar-refractivity contribution < 1.29 is 36.3 Å². The van der Waals surface area contributed by atoms with Crippen LogP contribution in [0.5, 0.6) is 5.75 Å². The maximum Gasteiger partial charge on any atom is 0.417 e. The van der Waals surface area contributed by atoms with Gasteiger partial charge in [0.2, 0.25) is 0 Å². The zero-order valence-corrected chi connectivity index (χ0v) is 9.42. The monoisotopic (exact) mass is 282 g/mol. The molecule has 1 aromatic rings. The lowest BCUT2D eigenvalue weighted by Gasteiger charge is -2.14. The molecule has 3 nitrogen and oxygen atoms in total. The minimum atomic E-state index is -4.89. The molecule has 0 radical (unpaired) electrons. The molecule has 0 atom stereocenters. The summed E-state index contributed by atoms with van der Waals surface area (Å²) in [5.74, 6) is -1.76. The summed E-state index contributed by atoms with van der Waals surface area (Å²) in [7, 11) is 0. The number of benzene rings is 1. The van der Waals surface area contributed by atoms with Gasteiger partial charge in [-0.1, -0.05) is 0 Å². The van der Waals surface area contributed by atoms with Gasteiger partial charge in [0.25, 0.3) is 0 Å². The molecule has 0 N–H and O–H groups in total. The van der Waals surface area contributed by atoms with E-state index in [1.54, 1.807) is 0 Å². The average Bonchev–Trinajstić information content (AvgIpc) is 2.26. The van der Waals surface area contributed by atoms with Crippen molar-refractivity contribution in [2.75, 3.05) is 0 Å². The van der Waals surface area contributed by atoms with Crippen LogP contribution in [0.1, 0.15) is 33.2 Å². The summed E-state index contributed by atoms with van der Waals surface area (Å²) < 4.78 is 66.0. The lowest BCUT2D eigenvalue weighted by molar-refractivity contribution is -0.137. The highest BCUT2D eigenvalue weighted by Crippen LogP contribution is 2.36. The number of hydrogen-bond donors (Lipinski definition) is 0. The van der Waals surface area contributed by atoms with E-state index in [-0.39, 0.29) is 6.29 Å². The second kappa shape index (κ2) is 5.33. The zero-order valence-electron chi connectivity index (χ0n) is 9.42. The van der Waals surface area contributed by atoms with Crippen molar-refractivity contribution in [3.63, 3.8) is 0 Å². The number of aldehydes is 1. The average molecular weight is 282 g/mol. The van der Waals surface area contributed by atoms with Gasteiger partial charge in [-0.2, -0.15) is 22.0 Å². The summed E-state index contributed by atoms with van der Waals surface area (Å²) >= 11 is 0. The lowest BCUT2D eigenvalue weighted by Crippen LogP contribution is -2.14. The molecule has 0 heterocycles. The third kappa shape index (κ3) is 3.49. The fourth-order valence-electron chi connectivity index (χ4n) is 1.41. The molecule has 0 fully saturated rings. The van der Waals surface area contributed by atoms with Crippen molar-refractivity contribution in [1.82, 2.24) is 0 Å². The van der Waals surface area contributed by atoms with Gasteiger partial charge >= 0.3 is 12.8 Å². The van der Waals surface area contributed by atoms with E-state index in [2.05, 4.69) is 4.74 Å². The normalized spacial score (nSPS) is 11.5. The Hall–Kier alpha value is -1.99. The van der Waals surface area contributed by atoms with Gasteiger partial charge in [-0.3, -0.25) is 9.59 Å². The number of Topliss-reactive ketones (excluding diaryl/α,β-unsaturated/α-hetero) is 1. The number of hydrogen-bond acceptors (Lipinski definition) is 3. The van der Waals surface area contributed by atoms with Gasteiger partial charge in [0.15, 0.2) is 12.1 Å². The van der Waals surface area contributed by atoms with Crippen molar-refractivity contribution in [1.29, 1.82) is 0 Å². The van der Waals surface area contributed by atoms with Crippen molar-refractivity contribution in [3.8, 4) is 5.75 Å². The Bertz CT molecular complexity index is 508. The highest BCUT2D eigenvalue weighted by atomic mass is 19.4. The van der Waals surface area contributed by atoms with E-state index in [1.165, 1.54) is 0 Å². The second-order valence-electron chi connectivity index (χ2n) is 3.49. The van der Waals surface area contributed by atoms with E-state index in [9.17, 15) is 31.5 Å². The maximum atomic E-state index is 12.7. The quantitative estimate of drug-likeness (QED) is 0.483. The Morgan fingerprint density at radius 2 is 1.89 bits per heavy atom. The van der Waals surface area contributed by atoms with Crippen LogP contribution < -0.4 is 4.74 Å². The van der Waals surface area contributed by atoms with Gasteiger partial charge in [-0.05, 0) is 19.1 Å². The summed E-state index contributed by atoms with van der Waals surface area (Å²) in [5.41, 5.74) is -2.92. The largest absolute Gasteiger partial charge is 0.434 e. The third-order valence-electron chi connectivity index (χ3n) is 2.18. The Labute approximate surface area is 104 Å². The molecule has 0 aliphatic rings. The van der Waals surface area contributed by atoms with Crippen molar-refractivity contribution in [3.05, 3.63) is 28.8 Å². The van der Waals surface area contributed by atoms with Gasteiger partial charge in [-0.15, -0.1) is 0 Å². The Morgan fingerprint density at radius 3 is 2.26 bits per heavy atom. The Kier molecular flexibility index (Phi) is 4.23. The molecule has 1 aromatic carbocycles. The summed E-state index contributed by atoms with van der Waals surface area (Å²) in [6, 6.07) is 0.794. The van der Waals surface area contributed by atoms with Gasteiger partial charge in [0.1, 0.15) is 5.75 Å². The maximum absolute atomic E-state index is 12.7. The first kappa shape index (κ1) is 15.1. The molecule has 104 valence electrons. The number of alkyl halides is 5.